The highest BCUT2D eigenvalue weighted by Crippen LogP contribution is 2.44. The highest BCUT2D eigenvalue weighted by Gasteiger charge is 2.42. The fraction of sp³-hybridized carbons (Fsp3) is 0.290. The molecule has 2 aromatic heterocycles. The lowest BCUT2D eigenvalue weighted by Crippen LogP contribution is -2.38. The largest absolute Gasteiger partial charge is 0.370 e. The molecule has 2 aliphatic rings. The Morgan fingerprint density at radius 1 is 0.949 bits per heavy atom. The van der Waals surface area contributed by atoms with Crippen molar-refractivity contribution in [3.05, 3.63) is 107 Å². The molecule has 39 heavy (non-hydrogen) atoms. The molecule has 4 atom stereocenters. The average Bonchev–Trinajstić information content (AvgIpc) is 3.53. The fourth-order valence-corrected chi connectivity index (χ4v) is 6.84. The first-order valence-electron chi connectivity index (χ1n) is 13.4. The summed E-state index contributed by atoms with van der Waals surface area (Å²) in [5.41, 5.74) is 4.15. The number of piperidine rings is 1. The number of halogens is 2. The number of rotatable bonds is 5. The maximum atomic E-state index is 15.0. The number of hydrogen-bond donors (Lipinski definition) is 1. The quantitative estimate of drug-likeness (QED) is 0.259. The number of hydrogen-bond acceptors (Lipinski definition) is 3. The van der Waals surface area contributed by atoms with E-state index in [2.05, 4.69) is 46.1 Å². The molecule has 2 aliphatic heterocycles. The second-order valence-corrected chi connectivity index (χ2v) is 11.5. The Morgan fingerprint density at radius 2 is 1.72 bits per heavy atom. The second kappa shape index (κ2) is 10.6. The highest BCUT2D eigenvalue weighted by molar-refractivity contribution is 7.80. The summed E-state index contributed by atoms with van der Waals surface area (Å²) < 4.78 is 16.8. The SMILES string of the molecule is C[C@@H]1C[C@@H](C)CN(c2ccc(N3C(=S)N[C@@H](c4ccccn4)[C@@H]3c3cccn3-c3ccccc3F)cc2Cl)C1. The Balaban J connectivity index is 1.43. The molecule has 8 heteroatoms. The summed E-state index contributed by atoms with van der Waals surface area (Å²) in [6.07, 6.45) is 4.90. The lowest BCUT2D eigenvalue weighted by atomic mass is 9.91. The van der Waals surface area contributed by atoms with E-state index in [4.69, 9.17) is 23.8 Å². The van der Waals surface area contributed by atoms with Crippen molar-refractivity contribution in [3.63, 3.8) is 0 Å². The van der Waals surface area contributed by atoms with Gasteiger partial charge in [0, 0.05) is 36.9 Å². The first kappa shape index (κ1) is 25.8. The van der Waals surface area contributed by atoms with E-state index in [1.54, 1.807) is 18.3 Å². The number of pyridine rings is 1. The molecule has 6 rings (SSSR count). The number of nitrogens with zero attached hydrogens (tertiary/aromatic N) is 4. The van der Waals surface area contributed by atoms with Gasteiger partial charge in [-0.25, -0.2) is 4.39 Å². The van der Waals surface area contributed by atoms with E-state index in [0.717, 1.165) is 35.9 Å². The number of thiocarbonyl (C=S) groups is 1. The van der Waals surface area contributed by atoms with Crippen molar-refractivity contribution in [2.75, 3.05) is 22.9 Å². The van der Waals surface area contributed by atoms with E-state index in [-0.39, 0.29) is 17.9 Å². The maximum absolute atomic E-state index is 15.0. The van der Waals surface area contributed by atoms with E-state index in [9.17, 15) is 4.39 Å². The van der Waals surface area contributed by atoms with Gasteiger partial charge in [0.15, 0.2) is 5.11 Å². The van der Waals surface area contributed by atoms with Gasteiger partial charge in [0.05, 0.1) is 28.1 Å². The van der Waals surface area contributed by atoms with Crippen molar-refractivity contribution in [2.24, 2.45) is 11.8 Å². The molecule has 1 N–H and O–H groups in total. The molecule has 2 fully saturated rings. The summed E-state index contributed by atoms with van der Waals surface area (Å²) in [5, 5.41) is 4.76. The molecule has 5 nitrogen and oxygen atoms in total. The molecule has 0 bridgehead atoms. The van der Waals surface area contributed by atoms with E-state index >= 15 is 0 Å². The Kier molecular flexibility index (Phi) is 7.04. The van der Waals surface area contributed by atoms with Crippen LogP contribution in [0.1, 0.15) is 43.7 Å². The van der Waals surface area contributed by atoms with Gasteiger partial charge in [-0.05, 0) is 85.1 Å². The Hall–Kier alpha value is -3.42. The van der Waals surface area contributed by atoms with Crippen LogP contribution in [0.2, 0.25) is 5.02 Å². The van der Waals surface area contributed by atoms with Gasteiger partial charge in [-0.15, -0.1) is 0 Å². The third-order valence-electron chi connectivity index (χ3n) is 7.71. The van der Waals surface area contributed by atoms with Crippen molar-refractivity contribution < 1.29 is 4.39 Å². The summed E-state index contributed by atoms with van der Waals surface area (Å²) in [6, 6.07) is 22.3. The molecule has 4 aromatic rings. The van der Waals surface area contributed by atoms with Gasteiger partial charge >= 0.3 is 0 Å². The van der Waals surface area contributed by atoms with Gasteiger partial charge in [0.2, 0.25) is 0 Å². The fourth-order valence-electron chi connectivity index (χ4n) is 6.20. The molecule has 0 aliphatic carbocycles. The number of nitrogens with one attached hydrogen (secondary N) is 1. The van der Waals surface area contributed by atoms with Gasteiger partial charge < -0.3 is 19.7 Å². The molecule has 0 amide bonds. The molecular formula is C31H31ClFN5S. The lowest BCUT2D eigenvalue weighted by Gasteiger charge is -2.37. The summed E-state index contributed by atoms with van der Waals surface area (Å²) in [7, 11) is 0. The molecule has 200 valence electrons. The number of aromatic nitrogens is 2. The van der Waals surface area contributed by atoms with E-state index in [0.29, 0.717) is 27.7 Å². The minimum atomic E-state index is -0.293. The summed E-state index contributed by atoms with van der Waals surface area (Å²) in [4.78, 5) is 9.12. The molecule has 0 spiro atoms. The number of benzene rings is 2. The highest BCUT2D eigenvalue weighted by atomic mass is 35.5. The number of anilines is 2. The van der Waals surface area contributed by atoms with E-state index < -0.39 is 0 Å². The lowest BCUT2D eigenvalue weighted by molar-refractivity contribution is 0.357. The van der Waals surface area contributed by atoms with Gasteiger partial charge in [0.1, 0.15) is 11.9 Å². The molecule has 4 heterocycles. The van der Waals surface area contributed by atoms with Crippen LogP contribution in [0.15, 0.2) is 85.2 Å². The Labute approximate surface area is 239 Å². The zero-order chi connectivity index (χ0) is 27.1. The first-order chi connectivity index (χ1) is 18.9. The molecule has 2 aromatic carbocycles. The molecule has 0 radical (unpaired) electrons. The van der Waals surface area contributed by atoms with Crippen LogP contribution in [0, 0.1) is 17.7 Å². The van der Waals surface area contributed by atoms with Gasteiger partial charge in [0.25, 0.3) is 0 Å². The smallest absolute Gasteiger partial charge is 0.174 e. The standard InChI is InChI=1S/C31H31ClFN5S/c1-20-16-21(2)19-36(18-20)26-13-12-22(17-23(26)32)38-30(29(35-31(38)39)25-9-5-6-14-34-25)28-11-7-15-37(28)27-10-4-3-8-24(27)33/h3-15,17,20-21,29-30H,16,18-19H2,1-2H3,(H,35,39)/t20-,21-,29+,30+/m1/s1. The predicted molar refractivity (Wildman–Crippen MR) is 160 cm³/mol. The van der Waals surface area contributed by atoms with Gasteiger partial charge in [-0.2, -0.15) is 0 Å². The average molecular weight is 560 g/mol. The van der Waals surface area contributed by atoms with Crippen LogP contribution in [-0.4, -0.2) is 27.8 Å². The second-order valence-electron chi connectivity index (χ2n) is 10.7. The summed E-state index contributed by atoms with van der Waals surface area (Å²) >= 11 is 12.9. The minimum absolute atomic E-state index is 0.249. The Morgan fingerprint density at radius 3 is 2.44 bits per heavy atom. The molecule has 2 saturated heterocycles. The normalized spacial score (nSPS) is 23.2. The topological polar surface area (TPSA) is 36.3 Å². The third kappa shape index (κ3) is 4.90. The van der Waals surface area contributed by atoms with Crippen LogP contribution in [0.4, 0.5) is 15.8 Å². The summed E-state index contributed by atoms with van der Waals surface area (Å²) in [6.45, 7) is 6.58. The van der Waals surface area contributed by atoms with Crippen molar-refractivity contribution in [1.29, 1.82) is 0 Å². The first-order valence-corrected chi connectivity index (χ1v) is 14.2. The van der Waals surface area contributed by atoms with Crippen LogP contribution in [0.25, 0.3) is 5.69 Å². The predicted octanol–water partition coefficient (Wildman–Crippen LogP) is 7.32. The van der Waals surface area contributed by atoms with E-state index in [1.165, 1.54) is 12.5 Å². The maximum Gasteiger partial charge on any atom is 0.174 e. The van der Waals surface area contributed by atoms with Crippen LogP contribution >= 0.6 is 23.8 Å². The third-order valence-corrected chi connectivity index (χ3v) is 8.33. The van der Waals surface area contributed by atoms with Crippen molar-refractivity contribution in [1.82, 2.24) is 14.9 Å². The van der Waals surface area contributed by atoms with E-state index in [1.807, 2.05) is 53.2 Å². The molecule has 0 unspecified atom stereocenters. The van der Waals surface area contributed by atoms with Crippen LogP contribution < -0.4 is 15.1 Å². The van der Waals surface area contributed by atoms with Crippen LogP contribution in [0.3, 0.4) is 0 Å². The monoisotopic (exact) mass is 559 g/mol. The zero-order valence-corrected chi connectivity index (χ0v) is 23.5. The van der Waals surface area contributed by atoms with Crippen molar-refractivity contribution >= 4 is 40.3 Å². The van der Waals surface area contributed by atoms with Crippen LogP contribution in [-0.2, 0) is 0 Å². The van der Waals surface area contributed by atoms with Gasteiger partial charge in [-0.3, -0.25) is 4.98 Å². The zero-order valence-electron chi connectivity index (χ0n) is 22.0. The molecule has 0 saturated carbocycles. The van der Waals surface area contributed by atoms with Gasteiger partial charge in [-0.1, -0.05) is 43.6 Å². The van der Waals surface area contributed by atoms with Crippen LogP contribution in [0.5, 0.6) is 0 Å². The summed E-state index contributed by atoms with van der Waals surface area (Å²) in [5.74, 6) is 0.950. The number of para-hydroxylation sites is 1. The van der Waals surface area contributed by atoms with Crippen molar-refractivity contribution in [3.8, 4) is 5.69 Å². The molecular weight excluding hydrogens is 529 g/mol. The Bertz CT molecular complexity index is 1480. The van der Waals surface area contributed by atoms with Crippen molar-refractivity contribution in [2.45, 2.75) is 32.4 Å². The minimum Gasteiger partial charge on any atom is -0.370 e.